The quantitative estimate of drug-likeness (QED) is 0.738. The van der Waals surface area contributed by atoms with Gasteiger partial charge in [-0.05, 0) is 37.3 Å². The molecule has 0 saturated carbocycles. The van der Waals surface area contributed by atoms with Gasteiger partial charge in [0.1, 0.15) is 11.6 Å². The predicted molar refractivity (Wildman–Crippen MR) is 81.6 cm³/mol. The molecule has 0 radical (unpaired) electrons. The zero-order valence-corrected chi connectivity index (χ0v) is 12.2. The number of hydrogen-bond acceptors (Lipinski definition) is 2. The lowest BCUT2D eigenvalue weighted by Crippen LogP contribution is -2.05. The van der Waals surface area contributed by atoms with E-state index in [-0.39, 0.29) is 6.10 Å². The summed E-state index contributed by atoms with van der Waals surface area (Å²) in [6.07, 6.45) is -0.235. The van der Waals surface area contributed by atoms with Crippen molar-refractivity contribution in [3.05, 3.63) is 58.3 Å². The third kappa shape index (κ3) is 2.60. The highest BCUT2D eigenvalue weighted by atomic mass is 35.5. The summed E-state index contributed by atoms with van der Waals surface area (Å²) in [4.78, 5) is 7.75. The fourth-order valence-corrected chi connectivity index (χ4v) is 2.44. The number of aromatic amines is 1. The molecule has 0 aliphatic rings. The SMILES string of the molecule is C[C@H](Oc1ccc(Cl)cc1Cl)c1nc2ccccc2[nH]1. The van der Waals surface area contributed by atoms with E-state index in [1.807, 2.05) is 31.2 Å². The molecule has 102 valence electrons. The van der Waals surface area contributed by atoms with Gasteiger partial charge in [-0.1, -0.05) is 35.3 Å². The summed E-state index contributed by atoms with van der Waals surface area (Å²) in [5.74, 6) is 1.35. The molecule has 3 nitrogen and oxygen atoms in total. The number of imidazole rings is 1. The zero-order valence-electron chi connectivity index (χ0n) is 10.7. The van der Waals surface area contributed by atoms with Crippen LogP contribution in [0.4, 0.5) is 0 Å². The first-order valence-corrected chi connectivity index (χ1v) is 6.95. The number of hydrogen-bond donors (Lipinski definition) is 1. The highest BCUT2D eigenvalue weighted by Gasteiger charge is 2.14. The van der Waals surface area contributed by atoms with Gasteiger partial charge in [-0.2, -0.15) is 0 Å². The molecule has 0 fully saturated rings. The summed E-state index contributed by atoms with van der Waals surface area (Å²) in [5.41, 5.74) is 1.90. The van der Waals surface area contributed by atoms with Crippen molar-refractivity contribution in [3.63, 3.8) is 0 Å². The molecule has 3 aromatic rings. The van der Waals surface area contributed by atoms with Crippen molar-refractivity contribution in [1.29, 1.82) is 0 Å². The number of H-pyrrole nitrogens is 1. The first-order chi connectivity index (χ1) is 9.63. The van der Waals surface area contributed by atoms with Crippen molar-refractivity contribution in [3.8, 4) is 5.75 Å². The Bertz CT molecular complexity index is 721. The summed E-state index contributed by atoms with van der Waals surface area (Å²) < 4.78 is 5.83. The van der Waals surface area contributed by atoms with Crippen molar-refractivity contribution < 1.29 is 4.74 Å². The minimum absolute atomic E-state index is 0.235. The van der Waals surface area contributed by atoms with E-state index in [1.165, 1.54) is 0 Å². The van der Waals surface area contributed by atoms with Crippen LogP contribution in [0.3, 0.4) is 0 Å². The highest BCUT2D eigenvalue weighted by molar-refractivity contribution is 6.35. The van der Waals surface area contributed by atoms with Gasteiger partial charge in [0.2, 0.25) is 0 Å². The van der Waals surface area contributed by atoms with Gasteiger partial charge in [0.15, 0.2) is 6.10 Å². The summed E-state index contributed by atoms with van der Waals surface area (Å²) in [7, 11) is 0. The lowest BCUT2D eigenvalue weighted by Gasteiger charge is -2.13. The van der Waals surface area contributed by atoms with Crippen LogP contribution < -0.4 is 4.74 Å². The maximum atomic E-state index is 6.10. The van der Waals surface area contributed by atoms with Crippen LogP contribution in [0.25, 0.3) is 11.0 Å². The van der Waals surface area contributed by atoms with Crippen molar-refractivity contribution >= 4 is 34.2 Å². The molecule has 0 spiro atoms. The Hall–Kier alpha value is -1.71. The Kier molecular flexibility index (Phi) is 3.55. The van der Waals surface area contributed by atoms with Crippen LogP contribution >= 0.6 is 23.2 Å². The second-order valence-electron chi connectivity index (χ2n) is 4.47. The van der Waals surface area contributed by atoms with E-state index in [0.717, 1.165) is 16.9 Å². The van der Waals surface area contributed by atoms with Gasteiger partial charge in [-0.15, -0.1) is 0 Å². The van der Waals surface area contributed by atoms with E-state index in [2.05, 4.69) is 9.97 Å². The number of benzene rings is 2. The van der Waals surface area contributed by atoms with E-state index in [4.69, 9.17) is 27.9 Å². The van der Waals surface area contributed by atoms with Gasteiger partial charge in [0.05, 0.1) is 16.1 Å². The molecule has 1 heterocycles. The van der Waals surface area contributed by atoms with E-state index in [0.29, 0.717) is 15.8 Å². The van der Waals surface area contributed by atoms with Crippen LogP contribution in [0.15, 0.2) is 42.5 Å². The average Bonchev–Trinajstić information content (AvgIpc) is 2.86. The number of para-hydroxylation sites is 2. The molecule has 0 aliphatic carbocycles. The maximum absolute atomic E-state index is 6.10. The minimum Gasteiger partial charge on any atom is -0.481 e. The zero-order chi connectivity index (χ0) is 14.1. The van der Waals surface area contributed by atoms with Crippen LogP contribution in [-0.2, 0) is 0 Å². The van der Waals surface area contributed by atoms with Crippen LogP contribution in [0, 0.1) is 0 Å². The number of nitrogens with one attached hydrogen (secondary N) is 1. The monoisotopic (exact) mass is 306 g/mol. The summed E-state index contributed by atoms with van der Waals surface area (Å²) in [6.45, 7) is 1.92. The number of nitrogens with zero attached hydrogens (tertiary/aromatic N) is 1. The van der Waals surface area contributed by atoms with Crippen LogP contribution in [-0.4, -0.2) is 9.97 Å². The molecular formula is C15H12Cl2N2O. The molecule has 0 unspecified atom stereocenters. The van der Waals surface area contributed by atoms with Gasteiger partial charge in [-0.25, -0.2) is 4.98 Å². The van der Waals surface area contributed by atoms with Crippen molar-refractivity contribution in [2.45, 2.75) is 13.0 Å². The Morgan fingerprint density at radius 3 is 2.70 bits per heavy atom. The number of ether oxygens (including phenoxy) is 1. The number of aromatic nitrogens is 2. The summed E-state index contributed by atoms with van der Waals surface area (Å²) in [6, 6.07) is 13.0. The molecule has 1 N–H and O–H groups in total. The fourth-order valence-electron chi connectivity index (χ4n) is 1.98. The van der Waals surface area contributed by atoms with Gasteiger partial charge >= 0.3 is 0 Å². The molecular weight excluding hydrogens is 295 g/mol. The van der Waals surface area contributed by atoms with E-state index in [9.17, 15) is 0 Å². The molecule has 5 heteroatoms. The first-order valence-electron chi connectivity index (χ1n) is 6.20. The van der Waals surface area contributed by atoms with Gasteiger partial charge in [0, 0.05) is 5.02 Å². The van der Waals surface area contributed by atoms with Crippen LogP contribution in [0.5, 0.6) is 5.75 Å². The molecule has 0 saturated heterocycles. The Morgan fingerprint density at radius 2 is 1.95 bits per heavy atom. The van der Waals surface area contributed by atoms with Gasteiger partial charge < -0.3 is 9.72 Å². The molecule has 0 aliphatic heterocycles. The third-order valence-corrected chi connectivity index (χ3v) is 3.52. The lowest BCUT2D eigenvalue weighted by molar-refractivity contribution is 0.218. The highest BCUT2D eigenvalue weighted by Crippen LogP contribution is 2.31. The molecule has 0 amide bonds. The lowest BCUT2D eigenvalue weighted by atomic mass is 10.3. The van der Waals surface area contributed by atoms with E-state index in [1.54, 1.807) is 18.2 Å². The second kappa shape index (κ2) is 5.35. The molecule has 1 atom stereocenters. The molecule has 0 bridgehead atoms. The number of halogens is 2. The van der Waals surface area contributed by atoms with E-state index >= 15 is 0 Å². The second-order valence-corrected chi connectivity index (χ2v) is 5.32. The average molecular weight is 307 g/mol. The summed E-state index contributed by atoms with van der Waals surface area (Å²) >= 11 is 12.0. The molecule has 20 heavy (non-hydrogen) atoms. The Labute approximate surface area is 126 Å². The first kappa shape index (κ1) is 13.3. The standard InChI is InChI=1S/C15H12Cl2N2O/c1-9(20-14-7-6-10(16)8-11(14)17)15-18-12-4-2-3-5-13(12)19-15/h2-9H,1H3,(H,18,19)/t9-/m0/s1. The van der Waals surface area contributed by atoms with Crippen LogP contribution in [0.1, 0.15) is 18.9 Å². The van der Waals surface area contributed by atoms with Crippen molar-refractivity contribution in [2.24, 2.45) is 0 Å². The van der Waals surface area contributed by atoms with Crippen molar-refractivity contribution in [1.82, 2.24) is 9.97 Å². The van der Waals surface area contributed by atoms with E-state index < -0.39 is 0 Å². The summed E-state index contributed by atoms with van der Waals surface area (Å²) in [5, 5.41) is 1.07. The van der Waals surface area contributed by atoms with Crippen molar-refractivity contribution in [2.75, 3.05) is 0 Å². The topological polar surface area (TPSA) is 37.9 Å². The number of rotatable bonds is 3. The molecule has 3 rings (SSSR count). The van der Waals surface area contributed by atoms with Gasteiger partial charge in [0.25, 0.3) is 0 Å². The largest absolute Gasteiger partial charge is 0.481 e. The normalized spacial score (nSPS) is 12.6. The minimum atomic E-state index is -0.235. The Morgan fingerprint density at radius 1 is 1.15 bits per heavy atom. The maximum Gasteiger partial charge on any atom is 0.153 e. The van der Waals surface area contributed by atoms with Crippen LogP contribution in [0.2, 0.25) is 10.0 Å². The smallest absolute Gasteiger partial charge is 0.153 e. The predicted octanol–water partition coefficient (Wildman–Crippen LogP) is 5.01. The Balaban J connectivity index is 1.86. The van der Waals surface area contributed by atoms with Gasteiger partial charge in [-0.3, -0.25) is 0 Å². The molecule has 2 aromatic carbocycles. The molecule has 1 aromatic heterocycles. The number of fused-ring (bicyclic) bond motifs is 1. The fraction of sp³-hybridized carbons (Fsp3) is 0.133. The third-order valence-electron chi connectivity index (χ3n) is 2.99.